The fourth-order valence-corrected chi connectivity index (χ4v) is 1.52. The van der Waals surface area contributed by atoms with Crippen molar-refractivity contribution < 1.29 is 14.3 Å². The maximum Gasteiger partial charge on any atom is 0.248 e. The Labute approximate surface area is 120 Å². The first-order valence-electron chi connectivity index (χ1n) is 6.52. The molecule has 0 saturated heterocycles. The molecule has 0 aliphatic rings. The second-order valence-electron chi connectivity index (χ2n) is 4.40. The van der Waals surface area contributed by atoms with Crippen LogP contribution in [0, 0.1) is 0 Å². The highest BCUT2D eigenvalue weighted by atomic mass is 16.5. The smallest absolute Gasteiger partial charge is 0.248 e. The predicted octanol–water partition coefficient (Wildman–Crippen LogP) is 3.55. The highest BCUT2D eigenvalue weighted by Gasteiger charge is 2.09. The Morgan fingerprint density at radius 2 is 2.05 bits per heavy atom. The highest BCUT2D eigenvalue weighted by molar-refractivity contribution is 6.00. The number of methoxy groups -OCH3 is 1. The van der Waals surface area contributed by atoms with Crippen molar-refractivity contribution in [2.75, 3.05) is 12.4 Å². The number of hydrogen-bond donors (Lipinski definition) is 1. The largest absolute Gasteiger partial charge is 0.497 e. The van der Waals surface area contributed by atoms with E-state index in [9.17, 15) is 4.79 Å². The normalized spacial score (nSPS) is 11.2. The summed E-state index contributed by atoms with van der Waals surface area (Å²) in [6, 6.07) is 5.31. The molecule has 0 unspecified atom stereocenters. The molecule has 108 valence electrons. The lowest BCUT2D eigenvalue weighted by atomic mass is 10.2. The van der Waals surface area contributed by atoms with Crippen LogP contribution in [0.5, 0.6) is 11.5 Å². The summed E-state index contributed by atoms with van der Waals surface area (Å²) in [6.45, 7) is 5.75. The monoisotopic (exact) mass is 275 g/mol. The molecular weight excluding hydrogens is 254 g/mol. The molecule has 0 aromatic heterocycles. The quantitative estimate of drug-likeness (QED) is 0.638. The van der Waals surface area contributed by atoms with E-state index < -0.39 is 0 Å². The summed E-state index contributed by atoms with van der Waals surface area (Å²) in [4.78, 5) is 11.8. The summed E-state index contributed by atoms with van der Waals surface area (Å²) >= 11 is 0. The van der Waals surface area contributed by atoms with Crippen LogP contribution in [-0.4, -0.2) is 19.1 Å². The van der Waals surface area contributed by atoms with Gasteiger partial charge in [0, 0.05) is 12.1 Å². The molecule has 4 heteroatoms. The molecule has 0 bridgehead atoms. The summed E-state index contributed by atoms with van der Waals surface area (Å²) in [5.41, 5.74) is 0.591. The molecular formula is C16H21NO3. The molecule has 0 spiro atoms. The van der Waals surface area contributed by atoms with E-state index in [0.717, 1.165) is 0 Å². The number of benzene rings is 1. The van der Waals surface area contributed by atoms with Gasteiger partial charge in [-0.3, -0.25) is 4.79 Å². The van der Waals surface area contributed by atoms with E-state index in [0.29, 0.717) is 17.2 Å². The van der Waals surface area contributed by atoms with Crippen LogP contribution in [0.15, 0.2) is 42.5 Å². The molecule has 0 fully saturated rings. The van der Waals surface area contributed by atoms with Crippen molar-refractivity contribution in [1.29, 1.82) is 0 Å². The fraction of sp³-hybridized carbons (Fsp3) is 0.312. The van der Waals surface area contributed by atoms with Gasteiger partial charge in [-0.2, -0.15) is 0 Å². The number of amides is 1. The van der Waals surface area contributed by atoms with Gasteiger partial charge in [-0.15, -0.1) is 0 Å². The summed E-state index contributed by atoms with van der Waals surface area (Å²) in [6.07, 6.45) is 6.80. The molecule has 1 aromatic carbocycles. The Hall–Kier alpha value is -2.23. The van der Waals surface area contributed by atoms with Gasteiger partial charge in [0.15, 0.2) is 0 Å². The lowest BCUT2D eigenvalue weighted by Crippen LogP contribution is -2.12. The second-order valence-corrected chi connectivity index (χ2v) is 4.40. The molecule has 0 heterocycles. The predicted molar refractivity (Wildman–Crippen MR) is 81.3 cm³/mol. The zero-order valence-corrected chi connectivity index (χ0v) is 12.3. The molecule has 1 rings (SSSR count). The van der Waals surface area contributed by atoms with Crippen LogP contribution in [0.3, 0.4) is 0 Å². The first kappa shape index (κ1) is 15.8. The minimum atomic E-state index is -0.218. The zero-order chi connectivity index (χ0) is 15.0. The van der Waals surface area contributed by atoms with Gasteiger partial charge in [-0.05, 0) is 32.9 Å². The van der Waals surface area contributed by atoms with Crippen LogP contribution in [0.25, 0.3) is 0 Å². The molecule has 0 aliphatic heterocycles. The Bertz CT molecular complexity index is 504. The summed E-state index contributed by atoms with van der Waals surface area (Å²) in [5.74, 6) is 1.06. The van der Waals surface area contributed by atoms with Gasteiger partial charge in [0.1, 0.15) is 11.5 Å². The van der Waals surface area contributed by atoms with Crippen molar-refractivity contribution in [3.05, 3.63) is 42.5 Å². The number of ether oxygens (including phenoxy) is 2. The minimum Gasteiger partial charge on any atom is -0.497 e. The Morgan fingerprint density at radius 3 is 2.65 bits per heavy atom. The third-order valence-corrected chi connectivity index (χ3v) is 2.36. The van der Waals surface area contributed by atoms with Crippen LogP contribution in [0.2, 0.25) is 0 Å². The number of hydrogen-bond acceptors (Lipinski definition) is 3. The van der Waals surface area contributed by atoms with E-state index in [1.165, 1.54) is 6.08 Å². The van der Waals surface area contributed by atoms with E-state index in [-0.39, 0.29) is 12.0 Å². The number of carbonyl (C=O) groups is 1. The van der Waals surface area contributed by atoms with Crippen molar-refractivity contribution >= 4 is 11.6 Å². The van der Waals surface area contributed by atoms with Crippen LogP contribution in [0.1, 0.15) is 20.8 Å². The number of carbonyl (C=O) groups excluding carboxylic acids is 1. The second kappa shape index (κ2) is 8.04. The van der Waals surface area contributed by atoms with Crippen molar-refractivity contribution in [3.8, 4) is 11.5 Å². The van der Waals surface area contributed by atoms with Gasteiger partial charge in [0.25, 0.3) is 0 Å². The summed E-state index contributed by atoms with van der Waals surface area (Å²) in [5, 5.41) is 2.78. The molecule has 1 N–H and O–H groups in total. The van der Waals surface area contributed by atoms with Gasteiger partial charge >= 0.3 is 0 Å². The van der Waals surface area contributed by atoms with E-state index in [2.05, 4.69) is 5.32 Å². The van der Waals surface area contributed by atoms with E-state index in [1.807, 2.05) is 26.8 Å². The van der Waals surface area contributed by atoms with Gasteiger partial charge in [-0.25, -0.2) is 0 Å². The number of allylic oxidation sites excluding steroid dienone is 3. The number of anilines is 1. The van der Waals surface area contributed by atoms with Crippen LogP contribution in [0.4, 0.5) is 5.69 Å². The zero-order valence-electron chi connectivity index (χ0n) is 12.3. The van der Waals surface area contributed by atoms with Crippen molar-refractivity contribution in [2.24, 2.45) is 0 Å². The Balaban J connectivity index is 2.92. The molecule has 1 aromatic rings. The highest BCUT2D eigenvalue weighted by Crippen LogP contribution is 2.30. The number of rotatable bonds is 6. The van der Waals surface area contributed by atoms with Crippen molar-refractivity contribution in [2.45, 2.75) is 26.9 Å². The molecule has 20 heavy (non-hydrogen) atoms. The topological polar surface area (TPSA) is 47.6 Å². The third-order valence-electron chi connectivity index (χ3n) is 2.36. The molecule has 0 atom stereocenters. The van der Waals surface area contributed by atoms with Gasteiger partial charge in [-0.1, -0.05) is 18.2 Å². The lowest BCUT2D eigenvalue weighted by Gasteiger charge is -2.15. The molecule has 0 radical (unpaired) electrons. The van der Waals surface area contributed by atoms with Crippen LogP contribution < -0.4 is 14.8 Å². The average Bonchev–Trinajstić information content (AvgIpc) is 2.40. The third kappa shape index (κ3) is 5.18. The summed E-state index contributed by atoms with van der Waals surface area (Å²) < 4.78 is 10.8. The first-order chi connectivity index (χ1) is 9.56. The van der Waals surface area contributed by atoms with Crippen molar-refractivity contribution in [1.82, 2.24) is 0 Å². The molecule has 0 saturated carbocycles. The standard InChI is InChI=1S/C16H21NO3/c1-5-6-7-8-16(18)17-14-11-13(19-4)9-10-15(14)20-12(2)3/h5-12H,1-4H3,(H,17,18). The molecule has 1 amide bonds. The van der Waals surface area contributed by atoms with Gasteiger partial charge < -0.3 is 14.8 Å². The van der Waals surface area contributed by atoms with Crippen molar-refractivity contribution in [3.63, 3.8) is 0 Å². The van der Waals surface area contributed by atoms with E-state index in [1.54, 1.807) is 37.5 Å². The van der Waals surface area contributed by atoms with Crippen LogP contribution in [-0.2, 0) is 4.79 Å². The van der Waals surface area contributed by atoms with E-state index >= 15 is 0 Å². The average molecular weight is 275 g/mol. The minimum absolute atomic E-state index is 0.0256. The molecule has 4 nitrogen and oxygen atoms in total. The first-order valence-corrected chi connectivity index (χ1v) is 6.52. The van der Waals surface area contributed by atoms with Crippen LogP contribution >= 0.6 is 0 Å². The Kier molecular flexibility index (Phi) is 6.37. The SMILES string of the molecule is CC=CC=CC(=O)Nc1cc(OC)ccc1OC(C)C. The lowest BCUT2D eigenvalue weighted by molar-refractivity contribution is -0.111. The Morgan fingerprint density at radius 1 is 1.30 bits per heavy atom. The number of nitrogens with one attached hydrogen (secondary N) is 1. The van der Waals surface area contributed by atoms with Gasteiger partial charge in [0.05, 0.1) is 18.9 Å². The van der Waals surface area contributed by atoms with E-state index in [4.69, 9.17) is 9.47 Å². The molecule has 0 aliphatic carbocycles. The summed E-state index contributed by atoms with van der Waals surface area (Å²) in [7, 11) is 1.58. The maximum atomic E-state index is 11.8. The maximum absolute atomic E-state index is 11.8. The fourth-order valence-electron chi connectivity index (χ4n) is 1.52. The van der Waals surface area contributed by atoms with Gasteiger partial charge in [0.2, 0.25) is 5.91 Å².